The number of ketones is 1. The fourth-order valence-corrected chi connectivity index (χ4v) is 5.85. The molecule has 47 heavy (non-hydrogen) atoms. The van der Waals surface area contributed by atoms with Crippen LogP contribution in [0.3, 0.4) is 0 Å². The van der Waals surface area contributed by atoms with Crippen molar-refractivity contribution in [1.82, 2.24) is 4.98 Å². The van der Waals surface area contributed by atoms with E-state index in [1.165, 1.54) is 27.4 Å². The maximum Gasteiger partial charge on any atom is 0.203 e. The second-order valence-corrected chi connectivity index (χ2v) is 11.3. The Morgan fingerprint density at radius 3 is 1.91 bits per heavy atom. The van der Waals surface area contributed by atoms with Crippen LogP contribution in [0, 0.1) is 0 Å². The van der Waals surface area contributed by atoms with Gasteiger partial charge in [-0.2, -0.15) is 0 Å². The Hall–Kier alpha value is -5.22. The van der Waals surface area contributed by atoms with E-state index in [0.29, 0.717) is 59.0 Å². The molecule has 0 N–H and O–H groups in total. The lowest BCUT2D eigenvalue weighted by Gasteiger charge is -2.13. The van der Waals surface area contributed by atoms with Crippen LogP contribution in [0.15, 0.2) is 78.9 Å². The van der Waals surface area contributed by atoms with Crippen LogP contribution in [-0.2, 0) is 0 Å². The molecule has 9 nitrogen and oxygen atoms in total. The van der Waals surface area contributed by atoms with Crippen molar-refractivity contribution in [3.8, 4) is 50.8 Å². The molecule has 1 aromatic heterocycles. The predicted octanol–water partition coefficient (Wildman–Crippen LogP) is 8.14. The summed E-state index contributed by atoms with van der Waals surface area (Å²) < 4.78 is 40.5. The fourth-order valence-electron chi connectivity index (χ4n) is 4.89. The topological polar surface area (TPSA) is 94.6 Å². The number of ether oxygens (including phenoxy) is 7. The Morgan fingerprint density at radius 1 is 0.681 bits per heavy atom. The summed E-state index contributed by atoms with van der Waals surface area (Å²) in [7, 11) is 7.76. The summed E-state index contributed by atoms with van der Waals surface area (Å²) in [5.41, 5.74) is 3.15. The molecule has 0 unspecified atom stereocenters. The quantitative estimate of drug-likeness (QED) is 0.0593. The number of unbranched alkanes of at least 4 members (excludes halogenated alkanes) is 1. The van der Waals surface area contributed by atoms with Crippen molar-refractivity contribution >= 4 is 33.4 Å². The fraction of sp³-hybridized carbons (Fsp3) is 0.243. The zero-order valence-corrected chi connectivity index (χ0v) is 27.8. The number of allylic oxidation sites excluding steroid dienone is 1. The first-order valence-electron chi connectivity index (χ1n) is 15.0. The van der Waals surface area contributed by atoms with Crippen LogP contribution in [0.5, 0.6) is 40.2 Å². The molecule has 1 heterocycles. The third kappa shape index (κ3) is 7.96. The predicted molar refractivity (Wildman–Crippen MR) is 184 cm³/mol. The van der Waals surface area contributed by atoms with E-state index in [9.17, 15) is 4.79 Å². The van der Waals surface area contributed by atoms with Crippen LogP contribution in [0.4, 0.5) is 0 Å². The zero-order valence-electron chi connectivity index (χ0n) is 27.0. The lowest BCUT2D eigenvalue weighted by atomic mass is 10.1. The minimum atomic E-state index is -0.218. The van der Waals surface area contributed by atoms with E-state index in [0.717, 1.165) is 39.2 Å². The molecule has 0 radical (unpaired) electrons. The number of methoxy groups -OCH3 is 5. The molecule has 0 fully saturated rings. The summed E-state index contributed by atoms with van der Waals surface area (Å²) in [4.78, 5) is 17.8. The average molecular weight is 656 g/mol. The molecule has 0 saturated heterocycles. The molecule has 0 spiro atoms. The Balaban J connectivity index is 1.16. The number of nitrogens with zero attached hydrogens (tertiary/aromatic N) is 1. The molecule has 0 saturated carbocycles. The van der Waals surface area contributed by atoms with E-state index in [2.05, 4.69) is 6.07 Å². The van der Waals surface area contributed by atoms with Gasteiger partial charge in [-0.3, -0.25) is 4.79 Å². The number of hydrogen-bond acceptors (Lipinski definition) is 10. The summed E-state index contributed by atoms with van der Waals surface area (Å²) in [6.07, 6.45) is 4.73. The number of benzene rings is 4. The van der Waals surface area contributed by atoms with Gasteiger partial charge in [0.25, 0.3) is 0 Å². The van der Waals surface area contributed by atoms with Gasteiger partial charge in [0.1, 0.15) is 5.01 Å². The van der Waals surface area contributed by atoms with Crippen molar-refractivity contribution in [3.63, 3.8) is 0 Å². The van der Waals surface area contributed by atoms with Crippen LogP contribution >= 0.6 is 11.3 Å². The summed E-state index contributed by atoms with van der Waals surface area (Å²) in [5.74, 6) is 3.56. The monoisotopic (exact) mass is 655 g/mol. The summed E-state index contributed by atoms with van der Waals surface area (Å²) >= 11 is 1.65. The molecule has 0 bridgehead atoms. The van der Waals surface area contributed by atoms with E-state index >= 15 is 0 Å². The van der Waals surface area contributed by atoms with Crippen molar-refractivity contribution in [2.24, 2.45) is 0 Å². The molecular weight excluding hydrogens is 618 g/mol. The van der Waals surface area contributed by atoms with Crippen molar-refractivity contribution in [2.75, 3.05) is 48.8 Å². The van der Waals surface area contributed by atoms with Crippen LogP contribution in [0.25, 0.3) is 26.9 Å². The second-order valence-electron chi connectivity index (χ2n) is 10.3. The highest BCUT2D eigenvalue weighted by molar-refractivity contribution is 7.21. The lowest BCUT2D eigenvalue weighted by molar-refractivity contribution is 0.104. The lowest BCUT2D eigenvalue weighted by Crippen LogP contribution is -2.04. The zero-order chi connectivity index (χ0) is 33.2. The first-order valence-corrected chi connectivity index (χ1v) is 15.8. The minimum Gasteiger partial charge on any atom is -0.493 e. The minimum absolute atomic E-state index is 0.218. The Labute approximate surface area is 278 Å². The molecule has 0 aliphatic heterocycles. The van der Waals surface area contributed by atoms with Crippen LogP contribution in [0.2, 0.25) is 0 Å². The van der Waals surface area contributed by atoms with Crippen molar-refractivity contribution in [1.29, 1.82) is 0 Å². The van der Waals surface area contributed by atoms with E-state index in [-0.39, 0.29) is 5.78 Å². The van der Waals surface area contributed by atoms with Crippen molar-refractivity contribution in [2.45, 2.75) is 12.8 Å². The SMILES string of the molecule is COc1ccc(/C=C/C(=O)c2cc(OC)c(OC)c(OC)c2)cc1OCCCCOc1cc(-c2nc3ccccc3s2)ccc1OC. The molecule has 244 valence electrons. The van der Waals surface area contributed by atoms with Gasteiger partial charge in [-0.1, -0.05) is 24.3 Å². The van der Waals surface area contributed by atoms with Gasteiger partial charge in [-0.05, 0) is 79.1 Å². The van der Waals surface area contributed by atoms with E-state index in [4.69, 9.17) is 38.1 Å². The van der Waals surface area contributed by atoms with Crippen LogP contribution in [0.1, 0.15) is 28.8 Å². The summed E-state index contributed by atoms with van der Waals surface area (Å²) in [6.45, 7) is 0.951. The third-order valence-electron chi connectivity index (χ3n) is 7.32. The molecule has 0 aliphatic carbocycles. The second kappa shape index (κ2) is 15.9. The number of carbonyl (C=O) groups is 1. The number of carbonyl (C=O) groups excluding carboxylic acids is 1. The highest BCUT2D eigenvalue weighted by atomic mass is 32.1. The number of rotatable bonds is 16. The standard InChI is InChI=1S/C37H37NO8S/c1-40-29-16-13-24(12-15-28(39)26-22-33(42-3)36(44-5)34(23-26)43-4)20-31(29)45-18-8-9-19-46-32-21-25(14-17-30(32)41-2)37-38-27-10-6-7-11-35(27)47-37/h6-7,10-17,20-23H,8-9,18-19H2,1-5H3/b15-12+. The number of thiazole rings is 1. The van der Waals surface area contributed by atoms with Gasteiger partial charge in [0.2, 0.25) is 5.75 Å². The van der Waals surface area contributed by atoms with Gasteiger partial charge >= 0.3 is 0 Å². The first kappa shape index (κ1) is 33.2. The summed E-state index contributed by atoms with van der Waals surface area (Å²) in [5, 5.41) is 0.934. The van der Waals surface area contributed by atoms with Gasteiger partial charge in [-0.25, -0.2) is 4.98 Å². The average Bonchev–Trinajstić information content (AvgIpc) is 3.55. The normalized spacial score (nSPS) is 11.0. The smallest absolute Gasteiger partial charge is 0.203 e. The van der Waals surface area contributed by atoms with Gasteiger partial charge in [0.15, 0.2) is 40.3 Å². The molecule has 5 rings (SSSR count). The highest BCUT2D eigenvalue weighted by Crippen LogP contribution is 2.39. The third-order valence-corrected chi connectivity index (χ3v) is 8.41. The molecule has 10 heteroatoms. The van der Waals surface area contributed by atoms with Gasteiger partial charge in [0, 0.05) is 11.1 Å². The van der Waals surface area contributed by atoms with Gasteiger partial charge < -0.3 is 33.2 Å². The maximum absolute atomic E-state index is 13.0. The number of aromatic nitrogens is 1. The molecule has 4 aromatic carbocycles. The molecule has 0 aliphatic rings. The van der Waals surface area contributed by atoms with Crippen LogP contribution in [-0.4, -0.2) is 59.5 Å². The van der Waals surface area contributed by atoms with Crippen molar-refractivity contribution in [3.05, 3.63) is 90.0 Å². The van der Waals surface area contributed by atoms with Crippen LogP contribution < -0.4 is 33.2 Å². The Bertz CT molecular complexity index is 1810. The largest absolute Gasteiger partial charge is 0.493 e. The Kier molecular flexibility index (Phi) is 11.2. The highest BCUT2D eigenvalue weighted by Gasteiger charge is 2.16. The number of para-hydroxylation sites is 1. The van der Waals surface area contributed by atoms with E-state index in [1.807, 2.05) is 54.6 Å². The first-order chi connectivity index (χ1) is 23.0. The number of fused-ring (bicyclic) bond motifs is 1. The van der Waals surface area contributed by atoms with Crippen molar-refractivity contribution < 1.29 is 38.0 Å². The summed E-state index contributed by atoms with van der Waals surface area (Å²) in [6, 6.07) is 22.7. The Morgan fingerprint density at radius 2 is 1.30 bits per heavy atom. The van der Waals surface area contributed by atoms with Gasteiger partial charge in [-0.15, -0.1) is 11.3 Å². The molecule has 0 amide bonds. The number of hydrogen-bond donors (Lipinski definition) is 0. The maximum atomic E-state index is 13.0. The van der Waals surface area contributed by atoms with E-state index < -0.39 is 0 Å². The molecular formula is C37H37NO8S. The van der Waals surface area contributed by atoms with Gasteiger partial charge in [0.05, 0.1) is 59.0 Å². The van der Waals surface area contributed by atoms with E-state index in [1.54, 1.807) is 43.8 Å². The molecule has 0 atom stereocenters. The molecule has 5 aromatic rings.